The van der Waals surface area contributed by atoms with Gasteiger partial charge in [0, 0.05) is 6.54 Å². The number of phenolic OH excluding ortho intramolecular Hbond substituents is 1. The van der Waals surface area contributed by atoms with Gasteiger partial charge in [-0.2, -0.15) is 11.3 Å². The minimum absolute atomic E-state index is 0.329. The summed E-state index contributed by atoms with van der Waals surface area (Å²) in [4.78, 5) is 0. The molecule has 0 saturated heterocycles. The van der Waals surface area contributed by atoms with Gasteiger partial charge in [-0.25, -0.2) is 0 Å². The summed E-state index contributed by atoms with van der Waals surface area (Å²) in [5, 5.41) is 16.8. The normalized spacial score (nSPS) is 10.5. The zero-order chi connectivity index (χ0) is 11.2. The zero-order valence-corrected chi connectivity index (χ0v) is 9.83. The summed E-state index contributed by atoms with van der Waals surface area (Å²) in [5.41, 5.74) is 2.59. The average Bonchev–Trinajstić information content (AvgIpc) is 2.80. The summed E-state index contributed by atoms with van der Waals surface area (Å²) < 4.78 is 0. The third-order valence-corrected chi connectivity index (χ3v) is 3.17. The van der Waals surface area contributed by atoms with Gasteiger partial charge in [0.1, 0.15) is 5.75 Å². The highest BCUT2D eigenvalue weighted by atomic mass is 32.1. The first kappa shape index (κ1) is 11.2. The lowest BCUT2D eigenvalue weighted by Gasteiger charge is -2.03. The van der Waals surface area contributed by atoms with Crippen molar-refractivity contribution < 1.29 is 5.11 Å². The summed E-state index contributed by atoms with van der Waals surface area (Å²) >= 11 is 1.73. The van der Waals surface area contributed by atoms with Crippen molar-refractivity contribution in [1.82, 2.24) is 5.32 Å². The molecule has 0 saturated carbocycles. The SMILES string of the molecule is Oc1ccc(CCNCc2ccsc2)cc1. The standard InChI is InChI=1S/C13H15NOS/c15-13-3-1-11(2-4-13)5-7-14-9-12-6-8-16-10-12/h1-4,6,8,10,14-15H,5,7,9H2. The van der Waals surface area contributed by atoms with E-state index in [4.69, 9.17) is 5.11 Å². The van der Waals surface area contributed by atoms with Crippen LogP contribution in [0.2, 0.25) is 0 Å². The maximum Gasteiger partial charge on any atom is 0.115 e. The lowest BCUT2D eigenvalue weighted by Crippen LogP contribution is -2.16. The molecular formula is C13H15NOS. The van der Waals surface area contributed by atoms with Crippen LogP contribution in [-0.4, -0.2) is 11.7 Å². The first-order chi connectivity index (χ1) is 7.84. The molecule has 2 nitrogen and oxygen atoms in total. The van der Waals surface area contributed by atoms with Gasteiger partial charge in [0.15, 0.2) is 0 Å². The number of rotatable bonds is 5. The first-order valence-electron chi connectivity index (χ1n) is 5.34. The van der Waals surface area contributed by atoms with Crippen molar-refractivity contribution in [2.24, 2.45) is 0 Å². The fourth-order valence-electron chi connectivity index (χ4n) is 1.52. The van der Waals surface area contributed by atoms with Crippen molar-refractivity contribution in [1.29, 1.82) is 0 Å². The number of nitrogens with one attached hydrogen (secondary N) is 1. The van der Waals surface area contributed by atoms with E-state index < -0.39 is 0 Å². The minimum Gasteiger partial charge on any atom is -0.508 e. The second kappa shape index (κ2) is 5.68. The summed E-state index contributed by atoms with van der Waals surface area (Å²) in [6.07, 6.45) is 0.990. The molecule has 2 N–H and O–H groups in total. The molecule has 1 aromatic carbocycles. The molecule has 0 aliphatic heterocycles. The predicted molar refractivity (Wildman–Crippen MR) is 67.8 cm³/mol. The molecule has 0 fully saturated rings. The molecule has 3 heteroatoms. The maximum atomic E-state index is 9.14. The topological polar surface area (TPSA) is 32.3 Å². The second-order valence-electron chi connectivity index (χ2n) is 3.72. The van der Waals surface area contributed by atoms with Crippen LogP contribution in [0.5, 0.6) is 5.75 Å². The Hall–Kier alpha value is -1.32. The van der Waals surface area contributed by atoms with Crippen molar-refractivity contribution in [3.63, 3.8) is 0 Å². The predicted octanol–water partition coefficient (Wildman–Crippen LogP) is 2.79. The molecule has 16 heavy (non-hydrogen) atoms. The molecule has 0 spiro atoms. The molecule has 0 atom stereocenters. The quantitative estimate of drug-likeness (QED) is 0.778. The van der Waals surface area contributed by atoms with Crippen LogP contribution in [-0.2, 0) is 13.0 Å². The van der Waals surface area contributed by atoms with E-state index >= 15 is 0 Å². The molecule has 2 rings (SSSR count). The van der Waals surface area contributed by atoms with Crippen molar-refractivity contribution >= 4 is 11.3 Å². The van der Waals surface area contributed by atoms with E-state index in [1.807, 2.05) is 12.1 Å². The molecule has 0 bridgehead atoms. The Bertz CT molecular complexity index is 408. The Labute approximate surface area is 99.6 Å². The van der Waals surface area contributed by atoms with Gasteiger partial charge in [0.05, 0.1) is 0 Å². The Morgan fingerprint density at radius 2 is 1.88 bits per heavy atom. The lowest BCUT2D eigenvalue weighted by atomic mass is 10.1. The molecule has 0 amide bonds. The molecule has 84 valence electrons. The van der Waals surface area contributed by atoms with Gasteiger partial charge in [-0.15, -0.1) is 0 Å². The fourth-order valence-corrected chi connectivity index (χ4v) is 2.19. The van der Waals surface area contributed by atoms with Gasteiger partial charge in [0.2, 0.25) is 0 Å². The molecule has 1 heterocycles. The van der Waals surface area contributed by atoms with Gasteiger partial charge in [-0.3, -0.25) is 0 Å². The second-order valence-corrected chi connectivity index (χ2v) is 4.50. The molecule has 2 aromatic rings. The maximum absolute atomic E-state index is 9.14. The molecule has 0 aliphatic rings. The largest absolute Gasteiger partial charge is 0.508 e. The molecular weight excluding hydrogens is 218 g/mol. The summed E-state index contributed by atoms with van der Waals surface area (Å²) in [7, 11) is 0. The highest BCUT2D eigenvalue weighted by molar-refractivity contribution is 7.07. The van der Waals surface area contributed by atoms with Crippen LogP contribution >= 0.6 is 11.3 Å². The van der Waals surface area contributed by atoms with Gasteiger partial charge in [0.25, 0.3) is 0 Å². The number of hydrogen-bond donors (Lipinski definition) is 2. The van der Waals surface area contributed by atoms with Crippen LogP contribution in [0.25, 0.3) is 0 Å². The van der Waals surface area contributed by atoms with E-state index in [-0.39, 0.29) is 0 Å². The Kier molecular flexibility index (Phi) is 3.97. The molecule has 0 unspecified atom stereocenters. The Balaban J connectivity index is 1.70. The molecule has 0 radical (unpaired) electrons. The third kappa shape index (κ3) is 3.36. The van der Waals surface area contributed by atoms with Crippen molar-refractivity contribution in [2.45, 2.75) is 13.0 Å². The molecule has 1 aromatic heterocycles. The van der Waals surface area contributed by atoms with Crippen LogP contribution in [0.1, 0.15) is 11.1 Å². The number of aromatic hydroxyl groups is 1. The van der Waals surface area contributed by atoms with E-state index in [9.17, 15) is 0 Å². The smallest absolute Gasteiger partial charge is 0.115 e. The van der Waals surface area contributed by atoms with E-state index in [2.05, 4.69) is 22.1 Å². The lowest BCUT2D eigenvalue weighted by molar-refractivity contribution is 0.475. The summed E-state index contributed by atoms with van der Waals surface area (Å²) in [5.74, 6) is 0.329. The monoisotopic (exact) mass is 233 g/mol. The van der Waals surface area contributed by atoms with Crippen molar-refractivity contribution in [3.8, 4) is 5.75 Å². The summed E-state index contributed by atoms with van der Waals surface area (Å²) in [6, 6.07) is 9.52. The van der Waals surface area contributed by atoms with Crippen molar-refractivity contribution in [3.05, 3.63) is 52.2 Å². The summed E-state index contributed by atoms with van der Waals surface area (Å²) in [6.45, 7) is 1.89. The number of benzene rings is 1. The third-order valence-electron chi connectivity index (χ3n) is 2.44. The van der Waals surface area contributed by atoms with E-state index in [0.717, 1.165) is 19.5 Å². The van der Waals surface area contributed by atoms with Crippen LogP contribution < -0.4 is 5.32 Å². The fraction of sp³-hybridized carbons (Fsp3) is 0.231. The number of thiophene rings is 1. The minimum atomic E-state index is 0.329. The zero-order valence-electron chi connectivity index (χ0n) is 9.02. The Morgan fingerprint density at radius 3 is 2.56 bits per heavy atom. The van der Waals surface area contributed by atoms with Crippen LogP contribution in [0, 0.1) is 0 Å². The molecule has 0 aliphatic carbocycles. The van der Waals surface area contributed by atoms with Gasteiger partial charge in [-0.1, -0.05) is 12.1 Å². The Morgan fingerprint density at radius 1 is 1.06 bits per heavy atom. The van der Waals surface area contributed by atoms with E-state index in [0.29, 0.717) is 5.75 Å². The average molecular weight is 233 g/mol. The van der Waals surface area contributed by atoms with E-state index in [1.165, 1.54) is 11.1 Å². The number of hydrogen-bond acceptors (Lipinski definition) is 3. The van der Waals surface area contributed by atoms with Gasteiger partial charge >= 0.3 is 0 Å². The van der Waals surface area contributed by atoms with Gasteiger partial charge in [-0.05, 0) is 53.1 Å². The van der Waals surface area contributed by atoms with Crippen LogP contribution in [0.3, 0.4) is 0 Å². The van der Waals surface area contributed by atoms with Crippen molar-refractivity contribution in [2.75, 3.05) is 6.54 Å². The van der Waals surface area contributed by atoms with Gasteiger partial charge < -0.3 is 10.4 Å². The van der Waals surface area contributed by atoms with Crippen LogP contribution in [0.4, 0.5) is 0 Å². The first-order valence-corrected chi connectivity index (χ1v) is 6.28. The van der Waals surface area contributed by atoms with E-state index in [1.54, 1.807) is 23.5 Å². The van der Waals surface area contributed by atoms with Crippen LogP contribution in [0.15, 0.2) is 41.1 Å². The highest BCUT2D eigenvalue weighted by Gasteiger charge is 1.95. The highest BCUT2D eigenvalue weighted by Crippen LogP contribution is 2.10. The number of phenols is 1.